The second-order valence-corrected chi connectivity index (χ2v) is 4.80. The van der Waals surface area contributed by atoms with E-state index >= 15 is 0 Å². The van der Waals surface area contributed by atoms with E-state index in [0.29, 0.717) is 11.1 Å². The first-order chi connectivity index (χ1) is 8.95. The van der Waals surface area contributed by atoms with E-state index in [4.69, 9.17) is 5.73 Å². The van der Waals surface area contributed by atoms with Crippen LogP contribution in [0.25, 0.3) is 0 Å². The lowest BCUT2D eigenvalue weighted by molar-refractivity contribution is -0.117. The summed E-state index contributed by atoms with van der Waals surface area (Å²) in [6, 6.07) is 0.0885. The normalized spacial score (nSPS) is 10.5. The van der Waals surface area contributed by atoms with Crippen LogP contribution in [0.15, 0.2) is 5.16 Å². The summed E-state index contributed by atoms with van der Waals surface area (Å²) >= 11 is 1.15. The van der Waals surface area contributed by atoms with Crippen molar-refractivity contribution < 1.29 is 14.3 Å². The Morgan fingerprint density at radius 2 is 2.16 bits per heavy atom. The van der Waals surface area contributed by atoms with E-state index in [1.807, 2.05) is 13.8 Å². The predicted octanol–water partition coefficient (Wildman–Crippen LogP) is 0.806. The van der Waals surface area contributed by atoms with Crippen LogP contribution in [0, 0.1) is 0 Å². The number of thioether (sulfide) groups is 1. The molecule has 1 aromatic heterocycles. The van der Waals surface area contributed by atoms with Crippen molar-refractivity contribution in [3.05, 3.63) is 0 Å². The second-order valence-electron chi connectivity index (χ2n) is 3.86. The minimum Gasteiger partial charge on any atom is -0.450 e. The van der Waals surface area contributed by atoms with E-state index < -0.39 is 12.0 Å². The van der Waals surface area contributed by atoms with Crippen molar-refractivity contribution in [2.24, 2.45) is 0 Å². The molecule has 0 unspecified atom stereocenters. The number of carbonyl (C=O) groups is 2. The molecule has 0 bridgehead atoms. The standard InChI is InChI=1S/C10H17N5O3S/c1-4-18-10(17)12-7(16)5-19-9-14-13-8(11)15(9)6(2)3/h6H,4-5H2,1-3H3,(H2,11,13)(H,12,16,17). The van der Waals surface area contributed by atoms with Crippen LogP contribution in [-0.4, -0.2) is 39.1 Å². The fraction of sp³-hybridized carbons (Fsp3) is 0.600. The maximum atomic E-state index is 11.5. The highest BCUT2D eigenvalue weighted by Gasteiger charge is 2.15. The van der Waals surface area contributed by atoms with Crippen LogP contribution in [0.1, 0.15) is 26.8 Å². The van der Waals surface area contributed by atoms with Gasteiger partial charge in [0.1, 0.15) is 0 Å². The Morgan fingerprint density at radius 1 is 1.47 bits per heavy atom. The molecule has 1 rings (SSSR count). The third kappa shape index (κ3) is 4.43. The highest BCUT2D eigenvalue weighted by molar-refractivity contribution is 7.99. The monoisotopic (exact) mass is 287 g/mol. The highest BCUT2D eigenvalue weighted by atomic mass is 32.2. The Hall–Kier alpha value is -1.77. The molecule has 0 radical (unpaired) electrons. The average Bonchev–Trinajstić information content (AvgIpc) is 2.68. The Bertz CT molecular complexity index is 460. The van der Waals surface area contributed by atoms with Gasteiger partial charge in [-0.05, 0) is 20.8 Å². The number of aromatic nitrogens is 3. The zero-order chi connectivity index (χ0) is 14.4. The largest absolute Gasteiger partial charge is 0.450 e. The Morgan fingerprint density at radius 3 is 2.74 bits per heavy atom. The third-order valence-corrected chi connectivity index (χ3v) is 3.00. The molecule has 8 nitrogen and oxygen atoms in total. The lowest BCUT2D eigenvalue weighted by atomic mass is 10.4. The zero-order valence-corrected chi connectivity index (χ0v) is 11.9. The molecule has 0 aromatic carbocycles. The van der Waals surface area contributed by atoms with Gasteiger partial charge in [-0.2, -0.15) is 0 Å². The number of rotatable bonds is 5. The molecule has 2 amide bonds. The molecule has 1 aromatic rings. The highest BCUT2D eigenvalue weighted by Crippen LogP contribution is 2.22. The van der Waals surface area contributed by atoms with E-state index in [2.05, 4.69) is 20.3 Å². The van der Waals surface area contributed by atoms with Crippen molar-refractivity contribution >= 4 is 29.7 Å². The summed E-state index contributed by atoms with van der Waals surface area (Å²) in [4.78, 5) is 22.5. The van der Waals surface area contributed by atoms with Crippen LogP contribution in [0.2, 0.25) is 0 Å². The van der Waals surface area contributed by atoms with Crippen molar-refractivity contribution in [2.75, 3.05) is 18.1 Å². The Kier molecular flexibility index (Phi) is 5.61. The fourth-order valence-corrected chi connectivity index (χ4v) is 2.19. The maximum Gasteiger partial charge on any atom is 0.413 e. The minimum atomic E-state index is -0.752. The molecule has 0 spiro atoms. The molecule has 0 fully saturated rings. The van der Waals surface area contributed by atoms with Crippen molar-refractivity contribution in [3.63, 3.8) is 0 Å². The summed E-state index contributed by atoms with van der Waals surface area (Å²) in [5.41, 5.74) is 5.67. The van der Waals surface area contributed by atoms with Gasteiger partial charge in [-0.15, -0.1) is 10.2 Å². The molecule has 0 atom stereocenters. The van der Waals surface area contributed by atoms with Crippen LogP contribution >= 0.6 is 11.8 Å². The van der Waals surface area contributed by atoms with Gasteiger partial charge in [-0.25, -0.2) is 4.79 Å². The van der Waals surface area contributed by atoms with Crippen molar-refractivity contribution in [2.45, 2.75) is 32.0 Å². The van der Waals surface area contributed by atoms with Gasteiger partial charge >= 0.3 is 6.09 Å². The van der Waals surface area contributed by atoms with Crippen molar-refractivity contribution in [3.8, 4) is 0 Å². The molecule has 0 saturated carbocycles. The molecule has 106 valence electrons. The van der Waals surface area contributed by atoms with Gasteiger partial charge in [-0.3, -0.25) is 14.7 Å². The molecule has 9 heteroatoms. The van der Waals surface area contributed by atoms with E-state index in [-0.39, 0.29) is 18.4 Å². The Balaban J connectivity index is 2.53. The summed E-state index contributed by atoms with van der Waals surface area (Å²) in [7, 11) is 0. The lowest BCUT2D eigenvalue weighted by Gasteiger charge is -2.10. The van der Waals surface area contributed by atoms with Gasteiger partial charge in [0.2, 0.25) is 11.9 Å². The molecular formula is C10H17N5O3S. The summed E-state index contributed by atoms with van der Waals surface area (Å²) in [5.74, 6) is -0.132. The van der Waals surface area contributed by atoms with Gasteiger partial charge in [-0.1, -0.05) is 11.8 Å². The quantitative estimate of drug-likeness (QED) is 0.770. The Labute approximate surface area is 115 Å². The van der Waals surface area contributed by atoms with Crippen molar-refractivity contribution in [1.29, 1.82) is 0 Å². The number of hydrogen-bond acceptors (Lipinski definition) is 7. The van der Waals surface area contributed by atoms with E-state index in [1.54, 1.807) is 11.5 Å². The number of nitrogens with two attached hydrogens (primary N) is 1. The van der Waals surface area contributed by atoms with Crippen molar-refractivity contribution in [1.82, 2.24) is 20.1 Å². The molecule has 0 aliphatic heterocycles. The van der Waals surface area contributed by atoms with Crippen LogP contribution in [0.5, 0.6) is 0 Å². The van der Waals surface area contributed by atoms with Gasteiger partial charge < -0.3 is 10.5 Å². The molecule has 0 aliphatic rings. The predicted molar refractivity (Wildman–Crippen MR) is 70.7 cm³/mol. The van der Waals surface area contributed by atoms with Crippen LogP contribution < -0.4 is 11.1 Å². The van der Waals surface area contributed by atoms with Gasteiger partial charge in [0.15, 0.2) is 5.16 Å². The lowest BCUT2D eigenvalue weighted by Crippen LogP contribution is -2.32. The molecule has 0 saturated heterocycles. The third-order valence-electron chi connectivity index (χ3n) is 2.06. The number of ether oxygens (including phenoxy) is 1. The molecule has 3 N–H and O–H groups in total. The molecule has 19 heavy (non-hydrogen) atoms. The molecule has 0 aliphatic carbocycles. The van der Waals surface area contributed by atoms with E-state index in [9.17, 15) is 9.59 Å². The second kappa shape index (κ2) is 6.98. The van der Waals surface area contributed by atoms with Crippen LogP contribution in [0.3, 0.4) is 0 Å². The van der Waals surface area contributed by atoms with Gasteiger partial charge in [0.25, 0.3) is 0 Å². The van der Waals surface area contributed by atoms with Crippen LogP contribution in [-0.2, 0) is 9.53 Å². The number of carbonyl (C=O) groups excluding carboxylic acids is 2. The minimum absolute atomic E-state index is 0.0314. The average molecular weight is 287 g/mol. The summed E-state index contributed by atoms with van der Waals surface area (Å²) < 4.78 is 6.31. The number of nitrogen functional groups attached to an aromatic ring is 1. The SMILES string of the molecule is CCOC(=O)NC(=O)CSc1nnc(N)n1C(C)C. The smallest absolute Gasteiger partial charge is 0.413 e. The topological polar surface area (TPSA) is 112 Å². The van der Waals surface area contributed by atoms with E-state index in [1.165, 1.54) is 0 Å². The number of hydrogen-bond donors (Lipinski definition) is 2. The fourth-order valence-electron chi connectivity index (χ4n) is 1.32. The molecular weight excluding hydrogens is 270 g/mol. The first-order valence-corrected chi connectivity index (χ1v) is 6.74. The number of nitrogens with zero attached hydrogens (tertiary/aromatic N) is 3. The maximum absolute atomic E-state index is 11.5. The number of amides is 2. The van der Waals surface area contributed by atoms with Gasteiger partial charge in [0.05, 0.1) is 12.4 Å². The number of anilines is 1. The number of imide groups is 1. The first kappa shape index (κ1) is 15.3. The summed E-state index contributed by atoms with van der Waals surface area (Å²) in [6.07, 6.45) is -0.752. The number of nitrogens with one attached hydrogen (secondary N) is 1. The summed E-state index contributed by atoms with van der Waals surface area (Å²) in [5, 5.41) is 10.3. The first-order valence-electron chi connectivity index (χ1n) is 5.75. The van der Waals surface area contributed by atoms with E-state index in [0.717, 1.165) is 11.8 Å². The zero-order valence-electron chi connectivity index (χ0n) is 11.0. The molecule has 1 heterocycles. The van der Waals surface area contributed by atoms with Crippen LogP contribution in [0.4, 0.5) is 10.7 Å². The van der Waals surface area contributed by atoms with Gasteiger partial charge in [0, 0.05) is 6.04 Å². The number of alkyl carbamates (subject to hydrolysis) is 1. The summed E-state index contributed by atoms with van der Waals surface area (Å²) in [6.45, 7) is 5.74.